The number of hydrogen-bond acceptors (Lipinski definition) is 10. The van der Waals surface area contributed by atoms with Gasteiger partial charge in [-0.15, -0.1) is 0 Å². The predicted molar refractivity (Wildman–Crippen MR) is 164 cm³/mol. The molecule has 0 aromatic heterocycles. The van der Waals surface area contributed by atoms with Crippen LogP contribution in [0.4, 0.5) is 0 Å². The number of rotatable bonds is 16. The molecule has 0 unspecified atom stereocenters. The van der Waals surface area contributed by atoms with Crippen molar-refractivity contribution in [2.75, 3.05) is 6.61 Å². The van der Waals surface area contributed by atoms with Gasteiger partial charge in [0, 0.05) is 18.9 Å². The summed E-state index contributed by atoms with van der Waals surface area (Å²) in [6.07, 6.45) is 5.17. The van der Waals surface area contributed by atoms with Crippen LogP contribution in [0.5, 0.6) is 23.0 Å². The Hall–Kier alpha value is -5.25. The lowest BCUT2D eigenvalue weighted by atomic mass is 10.2. The first kappa shape index (κ1) is 34.2. The zero-order valence-corrected chi connectivity index (χ0v) is 25.4. The van der Waals surface area contributed by atoms with E-state index >= 15 is 0 Å². The van der Waals surface area contributed by atoms with Gasteiger partial charge in [0.25, 0.3) is 0 Å². The molecule has 0 N–H and O–H groups in total. The molecule has 0 amide bonds. The molecule has 0 saturated carbocycles. The summed E-state index contributed by atoms with van der Waals surface area (Å²) in [5.74, 6) is -1.25. The van der Waals surface area contributed by atoms with Crippen molar-refractivity contribution in [3.63, 3.8) is 0 Å². The Balaban J connectivity index is 1.45. The smallest absolute Gasteiger partial charge is 0.343 e. The maximum absolute atomic E-state index is 12.7. The molecular formula is C35H36O10. The van der Waals surface area contributed by atoms with Crippen molar-refractivity contribution in [1.29, 1.82) is 0 Å². The van der Waals surface area contributed by atoms with Crippen LogP contribution in [0.1, 0.15) is 78.1 Å². The van der Waals surface area contributed by atoms with Crippen molar-refractivity contribution in [1.82, 2.24) is 0 Å². The summed E-state index contributed by atoms with van der Waals surface area (Å²) >= 11 is 0. The highest BCUT2D eigenvalue weighted by Crippen LogP contribution is 2.26. The molecule has 10 nitrogen and oxygen atoms in total. The molecule has 10 heteroatoms. The first-order chi connectivity index (χ1) is 21.7. The van der Waals surface area contributed by atoms with E-state index in [1.165, 1.54) is 60.7 Å². The van der Waals surface area contributed by atoms with Gasteiger partial charge in [-0.25, -0.2) is 14.4 Å². The summed E-state index contributed by atoms with van der Waals surface area (Å²) in [7, 11) is 0. The minimum Gasteiger partial charge on any atom is -0.463 e. The second kappa shape index (κ2) is 17.8. The Labute approximate surface area is 261 Å². The van der Waals surface area contributed by atoms with E-state index in [9.17, 15) is 24.0 Å². The number of aryl methyl sites for hydroxylation is 1. The van der Waals surface area contributed by atoms with E-state index < -0.39 is 23.9 Å². The zero-order chi connectivity index (χ0) is 32.6. The third-order valence-corrected chi connectivity index (χ3v) is 6.37. The number of unbranched alkanes of at least 4 members (excludes halogenated alkanes) is 3. The molecule has 3 rings (SSSR count). The third-order valence-electron chi connectivity index (χ3n) is 6.37. The van der Waals surface area contributed by atoms with E-state index in [2.05, 4.69) is 6.58 Å². The fourth-order valence-corrected chi connectivity index (χ4v) is 3.91. The van der Waals surface area contributed by atoms with Crippen LogP contribution in [-0.2, 0) is 19.1 Å². The summed E-state index contributed by atoms with van der Waals surface area (Å²) in [5.41, 5.74) is 1.09. The second-order valence-electron chi connectivity index (χ2n) is 9.99. The van der Waals surface area contributed by atoms with E-state index in [1.807, 2.05) is 6.92 Å². The molecule has 0 heterocycles. The minimum absolute atomic E-state index is 0.201. The summed E-state index contributed by atoms with van der Waals surface area (Å²) in [4.78, 5) is 60.2. The van der Waals surface area contributed by atoms with Gasteiger partial charge in [-0.3, -0.25) is 9.59 Å². The van der Waals surface area contributed by atoms with E-state index in [0.717, 1.165) is 18.9 Å². The Morgan fingerprint density at radius 2 is 1.18 bits per heavy atom. The lowest BCUT2D eigenvalue weighted by molar-refractivity contribution is -0.138. The molecule has 0 atom stereocenters. The van der Waals surface area contributed by atoms with Gasteiger partial charge in [0.1, 0.15) is 23.0 Å². The van der Waals surface area contributed by atoms with E-state index in [1.54, 1.807) is 13.0 Å². The van der Waals surface area contributed by atoms with Gasteiger partial charge < -0.3 is 23.7 Å². The predicted octanol–water partition coefficient (Wildman–Crippen LogP) is 6.72. The molecule has 0 bridgehead atoms. The molecule has 45 heavy (non-hydrogen) atoms. The molecule has 0 aliphatic rings. The van der Waals surface area contributed by atoms with Crippen LogP contribution < -0.4 is 18.9 Å². The summed E-state index contributed by atoms with van der Waals surface area (Å²) in [6, 6.07) is 16.7. The fraction of sp³-hybridized carbons (Fsp3) is 0.286. The topological polar surface area (TPSA) is 132 Å². The van der Waals surface area contributed by atoms with Gasteiger partial charge in [0.15, 0.2) is 0 Å². The van der Waals surface area contributed by atoms with Gasteiger partial charge in [-0.05, 0) is 105 Å². The highest BCUT2D eigenvalue weighted by atomic mass is 16.6. The van der Waals surface area contributed by atoms with Crippen molar-refractivity contribution in [3.05, 3.63) is 96.1 Å². The number of hydrogen-bond donors (Lipinski definition) is 0. The number of benzene rings is 3. The number of carbonyl (C=O) groups excluding carboxylic acids is 5. The molecular weight excluding hydrogens is 580 g/mol. The van der Waals surface area contributed by atoms with Crippen LogP contribution in [0.3, 0.4) is 0 Å². The van der Waals surface area contributed by atoms with Crippen LogP contribution in [0, 0.1) is 6.92 Å². The van der Waals surface area contributed by atoms with Crippen molar-refractivity contribution in [2.24, 2.45) is 0 Å². The normalized spacial score (nSPS) is 10.4. The van der Waals surface area contributed by atoms with Gasteiger partial charge in [0.05, 0.1) is 17.7 Å². The van der Waals surface area contributed by atoms with Gasteiger partial charge in [-0.2, -0.15) is 0 Å². The van der Waals surface area contributed by atoms with Gasteiger partial charge >= 0.3 is 29.8 Å². The van der Waals surface area contributed by atoms with Crippen molar-refractivity contribution >= 4 is 29.8 Å². The van der Waals surface area contributed by atoms with Crippen LogP contribution in [0.25, 0.3) is 0 Å². The largest absolute Gasteiger partial charge is 0.463 e. The second-order valence-corrected chi connectivity index (χ2v) is 9.99. The third kappa shape index (κ3) is 11.7. The molecule has 3 aromatic carbocycles. The Morgan fingerprint density at radius 1 is 0.644 bits per heavy atom. The monoisotopic (exact) mass is 616 g/mol. The Bertz CT molecular complexity index is 1490. The molecule has 3 aromatic rings. The zero-order valence-electron chi connectivity index (χ0n) is 25.4. The molecule has 0 radical (unpaired) electrons. The van der Waals surface area contributed by atoms with E-state index in [0.29, 0.717) is 42.7 Å². The summed E-state index contributed by atoms with van der Waals surface area (Å²) in [5, 5.41) is 0. The number of carbonyl (C=O) groups is 5. The molecule has 236 valence electrons. The van der Waals surface area contributed by atoms with Crippen molar-refractivity contribution < 1.29 is 47.7 Å². The van der Waals surface area contributed by atoms with Crippen LogP contribution >= 0.6 is 0 Å². The summed E-state index contributed by atoms with van der Waals surface area (Å²) < 4.78 is 26.4. The number of esters is 5. The molecule has 0 saturated heterocycles. The van der Waals surface area contributed by atoms with Crippen molar-refractivity contribution in [3.8, 4) is 23.0 Å². The lowest BCUT2D eigenvalue weighted by Gasteiger charge is -2.11. The van der Waals surface area contributed by atoms with E-state index in [-0.39, 0.29) is 41.6 Å². The standard InChI is InChI=1S/C35H36O10/c1-4-6-10-32(37)42-27-18-14-26(15-19-27)35(40)45-30-21-20-29(23-24(30)3)44-34(39)25-12-16-28(17-13-25)43-33(38)11-8-7-9-22-41-31(36)5-2/h5,12-21,23H,2,4,6-11,22H2,1,3H3. The molecule has 0 aliphatic carbocycles. The van der Waals surface area contributed by atoms with Crippen LogP contribution in [-0.4, -0.2) is 36.5 Å². The maximum Gasteiger partial charge on any atom is 0.343 e. The average molecular weight is 617 g/mol. The highest BCUT2D eigenvalue weighted by molar-refractivity contribution is 5.92. The van der Waals surface area contributed by atoms with Crippen LogP contribution in [0.15, 0.2) is 79.4 Å². The highest BCUT2D eigenvalue weighted by Gasteiger charge is 2.15. The quantitative estimate of drug-likeness (QED) is 0.0739. The van der Waals surface area contributed by atoms with Crippen LogP contribution in [0.2, 0.25) is 0 Å². The first-order valence-electron chi connectivity index (χ1n) is 14.6. The molecule has 0 spiro atoms. The summed E-state index contributed by atoms with van der Waals surface area (Å²) in [6.45, 7) is 7.29. The SMILES string of the molecule is C=CC(=O)OCCCCCC(=O)Oc1ccc(C(=O)Oc2ccc(OC(=O)c3ccc(OC(=O)CCCC)cc3)c(C)c2)cc1. The van der Waals surface area contributed by atoms with Gasteiger partial charge in [0.2, 0.25) is 0 Å². The average Bonchev–Trinajstić information content (AvgIpc) is 3.03. The maximum atomic E-state index is 12.7. The molecule has 0 aliphatic heterocycles. The Morgan fingerprint density at radius 3 is 1.71 bits per heavy atom. The number of ether oxygens (including phenoxy) is 5. The lowest BCUT2D eigenvalue weighted by Crippen LogP contribution is -2.11. The molecule has 0 fully saturated rings. The van der Waals surface area contributed by atoms with E-state index in [4.69, 9.17) is 23.7 Å². The van der Waals surface area contributed by atoms with Crippen molar-refractivity contribution in [2.45, 2.75) is 58.8 Å². The minimum atomic E-state index is -0.621. The van der Waals surface area contributed by atoms with Gasteiger partial charge in [-0.1, -0.05) is 19.9 Å². The Kier molecular flexibility index (Phi) is 13.5. The fourth-order valence-electron chi connectivity index (χ4n) is 3.91. The first-order valence-corrected chi connectivity index (χ1v) is 14.6.